The highest BCUT2D eigenvalue weighted by atomic mass is 79.9. The van der Waals surface area contributed by atoms with E-state index in [0.717, 1.165) is 0 Å². The van der Waals surface area contributed by atoms with E-state index in [4.69, 9.17) is 19.7 Å². The summed E-state index contributed by atoms with van der Waals surface area (Å²) in [5, 5.41) is 11.5. The second kappa shape index (κ2) is 18.2. The van der Waals surface area contributed by atoms with Crippen LogP contribution in [0, 0.1) is 0 Å². The Morgan fingerprint density at radius 3 is 1.88 bits per heavy atom. The number of anilines is 2. The fourth-order valence-electron chi connectivity index (χ4n) is 2.32. The molecule has 0 unspecified atom stereocenters. The van der Waals surface area contributed by atoms with Crippen LogP contribution < -0.4 is 16.0 Å². The molecule has 3 N–H and O–H groups in total. The number of ether oxygens (including phenoxy) is 3. The van der Waals surface area contributed by atoms with Crippen molar-refractivity contribution in [2.75, 3.05) is 74.0 Å². The lowest BCUT2D eigenvalue weighted by atomic mass is 10.1. The van der Waals surface area contributed by atoms with E-state index >= 15 is 0 Å². The quantitative estimate of drug-likeness (QED) is 0.0825. The van der Waals surface area contributed by atoms with Crippen LogP contribution in [0.2, 0.25) is 0 Å². The van der Waals surface area contributed by atoms with Gasteiger partial charge in [-0.05, 0) is 23.7 Å². The van der Waals surface area contributed by atoms with Crippen LogP contribution in [0.1, 0.15) is 10.4 Å². The normalized spacial score (nSPS) is 10.2. The van der Waals surface area contributed by atoms with E-state index in [1.54, 1.807) is 6.07 Å². The van der Waals surface area contributed by atoms with Gasteiger partial charge >= 0.3 is 0 Å². The van der Waals surface area contributed by atoms with Crippen LogP contribution in [-0.4, -0.2) is 81.1 Å². The first-order valence-corrected chi connectivity index (χ1v) is 12.1. The first kappa shape index (κ1) is 28.8. The molecule has 0 radical (unpaired) electrons. The lowest BCUT2D eigenvalue weighted by Gasteiger charge is -2.12. The number of rotatable bonds is 17. The van der Waals surface area contributed by atoms with Crippen molar-refractivity contribution in [2.45, 2.75) is 0 Å². The topological polar surface area (TPSA) is 164 Å². The third-order valence-corrected chi connectivity index (χ3v) is 4.70. The van der Waals surface area contributed by atoms with Crippen molar-refractivity contribution in [3.8, 4) is 0 Å². The third kappa shape index (κ3) is 13.8. The highest BCUT2D eigenvalue weighted by Gasteiger charge is 2.11. The molecular weight excluding hydrogens is 568 g/mol. The molecule has 0 aromatic heterocycles. The smallest absolute Gasteiger partial charge is 0.251 e. The second-order valence-electron chi connectivity index (χ2n) is 6.21. The van der Waals surface area contributed by atoms with Gasteiger partial charge < -0.3 is 30.2 Å². The predicted octanol–water partition coefficient (Wildman–Crippen LogP) is 2.44. The number of amides is 3. The molecule has 1 rings (SSSR count). The van der Waals surface area contributed by atoms with Crippen molar-refractivity contribution in [3.05, 3.63) is 34.2 Å². The highest BCUT2D eigenvalue weighted by molar-refractivity contribution is 9.09. The molecule has 0 fully saturated rings. The van der Waals surface area contributed by atoms with E-state index in [9.17, 15) is 14.4 Å². The maximum Gasteiger partial charge on any atom is 0.251 e. The molecule has 182 valence electrons. The molecule has 3 amide bonds. The third-order valence-electron chi connectivity index (χ3n) is 3.68. The lowest BCUT2D eigenvalue weighted by molar-refractivity contribution is -0.114. The number of nitrogens with zero attached hydrogens (tertiary/aromatic N) is 3. The lowest BCUT2D eigenvalue weighted by Crippen LogP contribution is -2.28. The number of carbonyl (C=O) groups is 3. The summed E-state index contributed by atoms with van der Waals surface area (Å²) in [6.07, 6.45) is 0. The van der Waals surface area contributed by atoms with Crippen molar-refractivity contribution in [1.29, 1.82) is 0 Å². The fraction of sp³-hybridized carbons (Fsp3) is 0.526. The van der Waals surface area contributed by atoms with Crippen LogP contribution in [0.3, 0.4) is 0 Å². The van der Waals surface area contributed by atoms with Gasteiger partial charge in [0, 0.05) is 34.9 Å². The molecule has 0 aliphatic heterocycles. The van der Waals surface area contributed by atoms with Crippen molar-refractivity contribution in [2.24, 2.45) is 5.11 Å². The van der Waals surface area contributed by atoms with E-state index in [0.29, 0.717) is 44.4 Å². The minimum absolute atomic E-state index is 0.0953. The monoisotopic (exact) mass is 592 g/mol. The Labute approximate surface area is 208 Å². The first-order valence-electron chi connectivity index (χ1n) is 9.89. The molecule has 0 saturated carbocycles. The molecule has 0 saturated heterocycles. The van der Waals surface area contributed by atoms with Crippen LogP contribution in [0.25, 0.3) is 10.4 Å². The van der Waals surface area contributed by atoms with Crippen LogP contribution >= 0.6 is 31.9 Å². The number of hydrogen-bond acceptors (Lipinski definition) is 7. The second-order valence-corrected chi connectivity index (χ2v) is 7.33. The van der Waals surface area contributed by atoms with Crippen LogP contribution in [0.5, 0.6) is 0 Å². The van der Waals surface area contributed by atoms with Crippen molar-refractivity contribution < 1.29 is 28.6 Å². The number of alkyl halides is 2. The first-order chi connectivity index (χ1) is 16.0. The number of halogens is 2. The van der Waals surface area contributed by atoms with E-state index in [1.807, 2.05) is 0 Å². The molecule has 0 atom stereocenters. The summed E-state index contributed by atoms with van der Waals surface area (Å²) in [5.74, 6) is -0.960. The molecule has 1 aromatic carbocycles. The van der Waals surface area contributed by atoms with Gasteiger partial charge in [0.05, 0.1) is 50.3 Å². The van der Waals surface area contributed by atoms with Gasteiger partial charge in [-0.25, -0.2) is 0 Å². The van der Waals surface area contributed by atoms with Gasteiger partial charge in [0.1, 0.15) is 0 Å². The zero-order valence-electron chi connectivity index (χ0n) is 17.9. The zero-order chi connectivity index (χ0) is 24.3. The Morgan fingerprint density at radius 2 is 1.36 bits per heavy atom. The summed E-state index contributed by atoms with van der Waals surface area (Å²) < 4.78 is 15.9. The van der Waals surface area contributed by atoms with Crippen LogP contribution in [-0.2, 0) is 23.8 Å². The maximum atomic E-state index is 12.5. The van der Waals surface area contributed by atoms with Crippen molar-refractivity contribution in [1.82, 2.24) is 5.32 Å². The highest BCUT2D eigenvalue weighted by Crippen LogP contribution is 2.20. The number of nitrogens with one attached hydrogen (secondary N) is 3. The molecule has 33 heavy (non-hydrogen) atoms. The molecule has 0 aliphatic rings. The van der Waals surface area contributed by atoms with Gasteiger partial charge in [-0.3, -0.25) is 14.4 Å². The standard InChI is InChI=1S/C19H26Br2N6O6/c20-12-17(28)25-15-9-14(10-16(11-15)26-18(29)13-21)19(30)23-1-3-31-5-7-33-8-6-32-4-2-24-27-22/h9-11H,1-8,12-13H2,(H,23,30)(H,25,28)(H,26,29). The Hall–Kier alpha value is -2.22. The van der Waals surface area contributed by atoms with E-state index < -0.39 is 0 Å². The number of carbonyl (C=O) groups excluding carboxylic acids is 3. The van der Waals surface area contributed by atoms with Crippen LogP contribution in [0.4, 0.5) is 11.4 Å². The Kier molecular flexibility index (Phi) is 15.9. The Bertz CT molecular complexity index is 786. The molecule has 0 bridgehead atoms. The minimum Gasteiger partial charge on any atom is -0.379 e. The SMILES string of the molecule is [N-]=[N+]=NCCOCCOCCOCCNC(=O)c1cc(NC(=O)CBr)cc(NC(=O)CBr)c1. The average Bonchev–Trinajstić information content (AvgIpc) is 2.81. The minimum atomic E-state index is -0.378. The van der Waals surface area contributed by atoms with Gasteiger partial charge in [0.25, 0.3) is 5.91 Å². The Morgan fingerprint density at radius 1 is 0.848 bits per heavy atom. The number of benzene rings is 1. The summed E-state index contributed by atoms with van der Waals surface area (Å²) in [5.41, 5.74) is 9.16. The van der Waals surface area contributed by atoms with E-state index in [-0.39, 0.29) is 53.6 Å². The van der Waals surface area contributed by atoms with Gasteiger partial charge in [-0.2, -0.15) is 0 Å². The van der Waals surface area contributed by atoms with Gasteiger partial charge in [-0.15, -0.1) is 0 Å². The van der Waals surface area contributed by atoms with Gasteiger partial charge in [0.15, 0.2) is 0 Å². The summed E-state index contributed by atoms with van der Waals surface area (Å²) in [7, 11) is 0. The molecule has 12 nitrogen and oxygen atoms in total. The van der Waals surface area contributed by atoms with Crippen LogP contribution in [0.15, 0.2) is 23.3 Å². The summed E-state index contributed by atoms with van der Waals surface area (Å²) in [6, 6.07) is 4.60. The van der Waals surface area contributed by atoms with Crippen molar-refractivity contribution in [3.63, 3.8) is 0 Å². The molecule has 14 heteroatoms. The predicted molar refractivity (Wildman–Crippen MR) is 130 cm³/mol. The molecule has 0 aliphatic carbocycles. The zero-order valence-corrected chi connectivity index (χ0v) is 21.0. The summed E-state index contributed by atoms with van der Waals surface area (Å²) >= 11 is 6.13. The summed E-state index contributed by atoms with van der Waals surface area (Å²) in [6.45, 7) is 2.70. The largest absolute Gasteiger partial charge is 0.379 e. The maximum absolute atomic E-state index is 12.5. The fourth-order valence-corrected chi connectivity index (χ4v) is 2.60. The molecular formula is C19H26Br2N6O6. The number of azide groups is 1. The summed E-state index contributed by atoms with van der Waals surface area (Å²) in [4.78, 5) is 38.4. The molecule has 0 heterocycles. The van der Waals surface area contributed by atoms with Gasteiger partial charge in [0.2, 0.25) is 11.8 Å². The number of hydrogen-bond donors (Lipinski definition) is 3. The van der Waals surface area contributed by atoms with Crippen molar-refractivity contribution >= 4 is 61.0 Å². The van der Waals surface area contributed by atoms with Gasteiger partial charge in [-0.1, -0.05) is 37.0 Å². The molecule has 0 spiro atoms. The Balaban J connectivity index is 2.36. The van der Waals surface area contributed by atoms with E-state index in [1.165, 1.54) is 12.1 Å². The van der Waals surface area contributed by atoms with E-state index in [2.05, 4.69) is 57.8 Å². The average molecular weight is 594 g/mol. The molecule has 1 aromatic rings.